The molecule has 83 heavy (non-hydrogen) atoms. The smallest absolute Gasteiger partial charge is 0.332 e. The highest BCUT2D eigenvalue weighted by Crippen LogP contribution is 2.65. The van der Waals surface area contributed by atoms with Gasteiger partial charge in [0.05, 0.1) is 18.3 Å². The third-order valence-corrected chi connectivity index (χ3v) is 25.3. The van der Waals surface area contributed by atoms with E-state index in [2.05, 4.69) is 47.7 Å². The zero-order valence-electron chi connectivity index (χ0n) is 49.8. The number of piperidine rings is 2. The van der Waals surface area contributed by atoms with Crippen LogP contribution in [0.15, 0.2) is 36.4 Å². The van der Waals surface area contributed by atoms with E-state index in [-0.39, 0.29) is 82.8 Å². The molecule has 2 aromatic carbocycles. The summed E-state index contributed by atoms with van der Waals surface area (Å²) in [6.45, 7) is 10.4. The van der Waals surface area contributed by atoms with Gasteiger partial charge in [-0.05, 0) is 181 Å². The summed E-state index contributed by atoms with van der Waals surface area (Å²) in [5, 5.41) is 69.4. The van der Waals surface area contributed by atoms with E-state index in [0.29, 0.717) is 120 Å². The Morgan fingerprint density at radius 2 is 1.64 bits per heavy atom. The van der Waals surface area contributed by atoms with Crippen molar-refractivity contribution in [2.75, 3.05) is 44.4 Å². The van der Waals surface area contributed by atoms with Gasteiger partial charge in [0, 0.05) is 90.4 Å². The summed E-state index contributed by atoms with van der Waals surface area (Å²) in [5.74, 6) is 7.69. The molecule has 11 rings (SSSR count). The van der Waals surface area contributed by atoms with Crippen LogP contribution < -0.4 is 20.7 Å². The maximum absolute atomic E-state index is 15.9. The van der Waals surface area contributed by atoms with Gasteiger partial charge in [-0.25, -0.2) is 4.79 Å². The number of phenolic OH excluding ortho intramolecular Hbond substituents is 2. The van der Waals surface area contributed by atoms with Crippen molar-refractivity contribution in [2.24, 2.45) is 51.8 Å². The van der Waals surface area contributed by atoms with Crippen LogP contribution in [0.4, 0.5) is 0 Å². The van der Waals surface area contributed by atoms with Crippen molar-refractivity contribution in [2.45, 2.75) is 216 Å². The van der Waals surface area contributed by atoms with Crippen LogP contribution in [-0.2, 0) is 23.9 Å². The van der Waals surface area contributed by atoms with Crippen LogP contribution in [0, 0.1) is 63.6 Å². The molecule has 16 heteroatoms. The number of benzene rings is 2. The van der Waals surface area contributed by atoms with Crippen LogP contribution >= 0.6 is 21.6 Å². The number of phenols is 2. The van der Waals surface area contributed by atoms with Gasteiger partial charge in [0.25, 0.3) is 0 Å². The number of amides is 1. The fourth-order valence-corrected chi connectivity index (χ4v) is 21.2. The molecule has 4 aliphatic heterocycles. The molecule has 6 fully saturated rings. The average molecular weight is 1180 g/mol. The summed E-state index contributed by atoms with van der Waals surface area (Å²) in [6, 6.07) is 11.2. The number of fused-ring (bicyclic) bond motifs is 5. The van der Waals surface area contributed by atoms with E-state index >= 15 is 4.79 Å². The molecule has 0 unspecified atom stereocenters. The topological polar surface area (TPSA) is 216 Å². The highest BCUT2D eigenvalue weighted by atomic mass is 33.1. The van der Waals surface area contributed by atoms with Gasteiger partial charge < -0.3 is 55.7 Å². The first-order valence-electron chi connectivity index (χ1n) is 32.0. The Balaban J connectivity index is 1.01. The summed E-state index contributed by atoms with van der Waals surface area (Å²) in [4.78, 5) is 43.4. The maximum atomic E-state index is 15.9. The molecular weight excluding hydrogens is 1090 g/mol. The van der Waals surface area contributed by atoms with Crippen LogP contribution in [0.2, 0.25) is 0 Å². The number of nitrogens with one attached hydrogen (secondary N) is 3. The van der Waals surface area contributed by atoms with E-state index in [4.69, 9.17) is 14.2 Å². The predicted octanol–water partition coefficient (Wildman–Crippen LogP) is 10.2. The number of aromatic hydroxyl groups is 2. The molecular formula is C67H95N3O11S2. The lowest BCUT2D eigenvalue weighted by Crippen LogP contribution is -2.65. The van der Waals surface area contributed by atoms with E-state index in [9.17, 15) is 35.1 Å². The third kappa shape index (κ3) is 12.6. The lowest BCUT2D eigenvalue weighted by molar-refractivity contribution is -0.183. The molecule has 1 spiro atoms. The molecule has 3 saturated heterocycles. The molecule has 0 aromatic heterocycles. The minimum Gasteiger partial charge on any atom is -0.508 e. The SMILES string of the molecule is CC(=O)O[C@H]1C[C@@H](OC(=O)[C@@]23CCCC[C@@H]2CCC(=O)N3)C2(CCNCC2)[C@H]2c3ccc(O)c4c3[C@H](C[C@@H]2C#CC[C@H]2C[C@@](C)(O)CSSC[C@H](NC[C@@H]3CC(C)(C)CC[C@H]3c3ccc(O)cc3)[C@H](O)CC[C@H]21)[C@H](C1(CO)CCCC1)CO4. The van der Waals surface area contributed by atoms with Gasteiger partial charge in [0.1, 0.15) is 23.5 Å². The zero-order chi connectivity index (χ0) is 58.3. The molecule has 8 N–H and O–H groups in total. The van der Waals surface area contributed by atoms with Gasteiger partial charge in [0.15, 0.2) is 11.5 Å². The molecule has 9 aliphatic rings. The van der Waals surface area contributed by atoms with E-state index in [1.807, 2.05) is 19.1 Å². The van der Waals surface area contributed by atoms with Crippen LogP contribution in [0.3, 0.4) is 0 Å². The zero-order valence-corrected chi connectivity index (χ0v) is 51.4. The van der Waals surface area contributed by atoms with Gasteiger partial charge in [-0.2, -0.15) is 0 Å². The van der Waals surface area contributed by atoms with Crippen LogP contribution in [-0.4, -0.2) is 123 Å². The van der Waals surface area contributed by atoms with Gasteiger partial charge in [0.2, 0.25) is 5.91 Å². The summed E-state index contributed by atoms with van der Waals surface area (Å²) < 4.78 is 20.9. The van der Waals surface area contributed by atoms with Crippen molar-refractivity contribution in [3.8, 4) is 29.1 Å². The summed E-state index contributed by atoms with van der Waals surface area (Å²) >= 11 is 0. The molecule has 4 heterocycles. The lowest BCUT2D eigenvalue weighted by Gasteiger charge is -2.56. The second kappa shape index (κ2) is 25.2. The predicted molar refractivity (Wildman–Crippen MR) is 324 cm³/mol. The summed E-state index contributed by atoms with van der Waals surface area (Å²) in [5.41, 5.74) is -0.129. The van der Waals surface area contributed by atoms with Gasteiger partial charge in [-0.3, -0.25) is 9.59 Å². The van der Waals surface area contributed by atoms with Gasteiger partial charge in [-0.15, -0.1) is 5.92 Å². The first-order valence-corrected chi connectivity index (χ1v) is 34.5. The van der Waals surface area contributed by atoms with E-state index < -0.39 is 52.7 Å². The molecule has 15 atom stereocenters. The number of rotatable bonds is 9. The normalized spacial score (nSPS) is 37.7. The van der Waals surface area contributed by atoms with E-state index in [1.165, 1.54) is 12.5 Å². The Bertz CT molecular complexity index is 2700. The third-order valence-electron chi connectivity index (χ3n) is 22.6. The molecule has 3 saturated carbocycles. The molecule has 0 radical (unpaired) electrons. The Labute approximate surface area is 501 Å². The quantitative estimate of drug-likeness (QED) is 0.0666. The highest BCUT2D eigenvalue weighted by molar-refractivity contribution is 8.76. The fourth-order valence-electron chi connectivity index (χ4n) is 18.4. The first-order chi connectivity index (χ1) is 39.8. The van der Waals surface area contributed by atoms with Crippen LogP contribution in [0.5, 0.6) is 17.2 Å². The first kappa shape index (κ1) is 61.0. The number of carbonyl (C=O) groups is 3. The van der Waals surface area contributed by atoms with Crippen molar-refractivity contribution in [1.82, 2.24) is 16.0 Å². The molecule has 14 nitrogen and oxygen atoms in total. The monoisotopic (exact) mass is 1180 g/mol. The number of hydrogen-bond donors (Lipinski definition) is 8. The Hall–Kier alpha value is -3.69. The number of ether oxygens (including phenoxy) is 3. The molecule has 456 valence electrons. The Kier molecular flexibility index (Phi) is 18.5. The fraction of sp³-hybridized carbons (Fsp3) is 0.746. The summed E-state index contributed by atoms with van der Waals surface area (Å²) in [6.07, 6.45) is 12.1. The number of aliphatic hydroxyl groups is 3. The maximum Gasteiger partial charge on any atom is 0.332 e. The molecule has 2 aromatic rings. The van der Waals surface area contributed by atoms with Crippen molar-refractivity contribution in [3.63, 3.8) is 0 Å². The van der Waals surface area contributed by atoms with Gasteiger partial charge >= 0.3 is 11.9 Å². The van der Waals surface area contributed by atoms with E-state index in [1.54, 1.807) is 39.8 Å². The molecule has 5 aliphatic carbocycles. The van der Waals surface area contributed by atoms with Crippen LogP contribution in [0.1, 0.15) is 197 Å². The molecule has 0 bridgehead atoms. The molecule has 1 amide bonds. The lowest BCUT2D eigenvalue weighted by atomic mass is 9.51. The number of aliphatic hydroxyl groups excluding tert-OH is 2. The van der Waals surface area contributed by atoms with Crippen LogP contribution in [0.25, 0.3) is 0 Å². The largest absolute Gasteiger partial charge is 0.508 e. The standard InChI is InChI=1S/C67H95N3O11S2/c1-41(72)80-56-33-57(81-62(77)67-26-6-5-12-46(67)15-22-58(76)70-67)66(28-30-68-31-29-66)60-43(32-51-52(65(39-71)24-7-8-25-65)37-79-61-55(75)21-19-50(60)59(51)61)10-9-11-44-35-64(4,78)40-83-82-38-53(54(74)20-18-49(44)56)69-36-45-34-63(2,3)27-23-48(45)42-13-16-47(73)17-14-42/h13-14,16-17,19,21,43-46,48-49,51-54,56-57,60,68-69,71,73-75,78H,5-8,11-12,15,18,20,22-40H2,1-4H3,(H,70,76)/t43-,44-,45-,46+,48-,49+,51+,52+,53-,54+,56-,57+,60+,64+,67+/m0/s1. The second-order valence-corrected chi connectivity index (χ2v) is 31.0. The van der Waals surface area contributed by atoms with Crippen molar-refractivity contribution in [3.05, 3.63) is 53.1 Å². The second-order valence-electron chi connectivity index (χ2n) is 28.5. The van der Waals surface area contributed by atoms with Crippen molar-refractivity contribution in [1.29, 1.82) is 0 Å². The minimum atomic E-state index is -1.20. The average Bonchev–Trinajstić information content (AvgIpc) is 2.76. The van der Waals surface area contributed by atoms with Crippen molar-refractivity contribution < 1.29 is 54.1 Å². The highest BCUT2D eigenvalue weighted by Gasteiger charge is 2.61. The number of hydrogen-bond acceptors (Lipinski definition) is 15. The minimum absolute atomic E-state index is 0.0201. The summed E-state index contributed by atoms with van der Waals surface area (Å²) in [7, 11) is 3.29. The number of carbonyl (C=O) groups excluding carboxylic acids is 3. The Morgan fingerprint density at radius 1 is 0.867 bits per heavy atom. The van der Waals surface area contributed by atoms with Gasteiger partial charge in [-0.1, -0.05) is 85.2 Å². The van der Waals surface area contributed by atoms with E-state index in [0.717, 1.165) is 75.3 Å². The number of esters is 2. The van der Waals surface area contributed by atoms with Crippen molar-refractivity contribution >= 4 is 39.4 Å². The Morgan fingerprint density at radius 3 is 2.40 bits per heavy atom.